The van der Waals surface area contributed by atoms with Crippen LogP contribution in [0.2, 0.25) is 0 Å². The van der Waals surface area contributed by atoms with E-state index in [1.165, 1.54) is 17.3 Å². The lowest BCUT2D eigenvalue weighted by Crippen LogP contribution is -1.85. The Labute approximate surface area is 152 Å². The number of rotatable bonds is 6. The largest absolute Gasteiger partial charge is 0.338 e. The van der Waals surface area contributed by atoms with E-state index in [1.54, 1.807) is 11.3 Å². The fraction of sp³-hybridized carbons (Fsp3) is 0.176. The van der Waals surface area contributed by atoms with Gasteiger partial charge in [-0.05, 0) is 23.4 Å². The van der Waals surface area contributed by atoms with Gasteiger partial charge in [0.15, 0.2) is 5.82 Å². The van der Waals surface area contributed by atoms with Crippen LogP contribution in [0.5, 0.6) is 0 Å². The molecule has 4 rings (SSSR count). The summed E-state index contributed by atoms with van der Waals surface area (Å²) in [6.45, 7) is 2.13. The Morgan fingerprint density at radius 1 is 1.16 bits per heavy atom. The highest BCUT2D eigenvalue weighted by atomic mass is 32.2. The predicted octanol–water partition coefficient (Wildman–Crippen LogP) is 4.44. The first-order chi connectivity index (χ1) is 12.3. The Bertz CT molecular complexity index is 944. The molecule has 8 heteroatoms. The summed E-state index contributed by atoms with van der Waals surface area (Å²) in [6.07, 6.45) is 1.01. The van der Waals surface area contributed by atoms with Gasteiger partial charge in [-0.3, -0.25) is 5.10 Å². The van der Waals surface area contributed by atoms with E-state index >= 15 is 0 Å². The van der Waals surface area contributed by atoms with Crippen molar-refractivity contribution in [2.24, 2.45) is 0 Å². The molecule has 6 nitrogen and oxygen atoms in total. The number of H-pyrrole nitrogens is 1. The summed E-state index contributed by atoms with van der Waals surface area (Å²) in [4.78, 5) is 9.98. The monoisotopic (exact) mass is 369 g/mol. The molecule has 0 atom stereocenters. The zero-order chi connectivity index (χ0) is 17.1. The first-order valence-electron chi connectivity index (χ1n) is 7.83. The molecule has 0 spiro atoms. The molecule has 3 aromatic heterocycles. The van der Waals surface area contributed by atoms with Crippen molar-refractivity contribution < 1.29 is 4.52 Å². The van der Waals surface area contributed by atoms with E-state index < -0.39 is 0 Å². The van der Waals surface area contributed by atoms with Crippen LogP contribution in [0, 0.1) is 0 Å². The number of benzene rings is 1. The summed E-state index contributed by atoms with van der Waals surface area (Å²) >= 11 is 3.08. The topological polar surface area (TPSA) is 80.5 Å². The second kappa shape index (κ2) is 7.20. The fourth-order valence-corrected chi connectivity index (χ4v) is 3.58. The zero-order valence-electron chi connectivity index (χ0n) is 13.5. The van der Waals surface area contributed by atoms with Crippen LogP contribution in [0.25, 0.3) is 22.1 Å². The molecule has 0 aliphatic rings. The molecule has 1 aromatic carbocycles. The highest BCUT2D eigenvalue weighted by Crippen LogP contribution is 2.25. The van der Waals surface area contributed by atoms with Gasteiger partial charge < -0.3 is 4.52 Å². The number of aryl methyl sites for hydroxylation is 1. The van der Waals surface area contributed by atoms with Gasteiger partial charge in [0.25, 0.3) is 0 Å². The lowest BCUT2D eigenvalue weighted by molar-refractivity contribution is 0.391. The van der Waals surface area contributed by atoms with Crippen molar-refractivity contribution in [2.45, 2.75) is 24.3 Å². The van der Waals surface area contributed by atoms with Gasteiger partial charge in [-0.2, -0.15) is 4.98 Å². The molecule has 126 valence electrons. The Balaban J connectivity index is 1.41. The summed E-state index contributed by atoms with van der Waals surface area (Å²) in [6, 6.07) is 12.2. The summed E-state index contributed by atoms with van der Waals surface area (Å²) in [5.74, 6) is 2.47. The number of nitrogens with one attached hydrogen (secondary N) is 1. The third-order valence-corrected chi connectivity index (χ3v) is 5.34. The lowest BCUT2D eigenvalue weighted by atomic mass is 10.1. The summed E-state index contributed by atoms with van der Waals surface area (Å²) in [5.41, 5.74) is 2.24. The van der Waals surface area contributed by atoms with Crippen LogP contribution in [0.1, 0.15) is 18.4 Å². The van der Waals surface area contributed by atoms with Gasteiger partial charge in [0.2, 0.25) is 16.9 Å². The van der Waals surface area contributed by atoms with Crippen molar-refractivity contribution >= 4 is 23.1 Å². The Hall–Kier alpha value is -2.45. The lowest BCUT2D eigenvalue weighted by Gasteiger charge is -1.97. The van der Waals surface area contributed by atoms with Crippen LogP contribution in [-0.4, -0.2) is 25.3 Å². The smallest absolute Gasteiger partial charge is 0.237 e. The fourth-order valence-electron chi connectivity index (χ4n) is 2.28. The number of nitrogens with zero attached hydrogens (tertiary/aromatic N) is 4. The van der Waals surface area contributed by atoms with E-state index in [2.05, 4.69) is 44.4 Å². The SMILES string of the molecule is CCc1ccc(-c2noc(CSc3n[nH]c(-c4cccs4)n3)n2)cc1. The number of thioether (sulfide) groups is 1. The molecular weight excluding hydrogens is 354 g/mol. The minimum atomic E-state index is 0.530. The molecule has 0 radical (unpaired) electrons. The normalized spacial score (nSPS) is 11.1. The van der Waals surface area contributed by atoms with Crippen LogP contribution in [0.15, 0.2) is 51.5 Å². The number of hydrogen-bond acceptors (Lipinski definition) is 7. The van der Waals surface area contributed by atoms with Crippen LogP contribution in [0.4, 0.5) is 0 Å². The van der Waals surface area contributed by atoms with E-state index in [4.69, 9.17) is 4.52 Å². The number of thiophene rings is 1. The molecule has 0 aliphatic heterocycles. The molecule has 0 saturated carbocycles. The van der Waals surface area contributed by atoms with Crippen LogP contribution < -0.4 is 0 Å². The van der Waals surface area contributed by atoms with Crippen molar-refractivity contribution in [3.05, 3.63) is 53.2 Å². The van der Waals surface area contributed by atoms with E-state index in [-0.39, 0.29) is 0 Å². The van der Waals surface area contributed by atoms with E-state index in [1.807, 2.05) is 29.6 Å². The van der Waals surface area contributed by atoms with Gasteiger partial charge in [0.1, 0.15) is 0 Å². The number of aromatic amines is 1. The van der Waals surface area contributed by atoms with Crippen LogP contribution in [-0.2, 0) is 12.2 Å². The highest BCUT2D eigenvalue weighted by molar-refractivity contribution is 7.98. The van der Waals surface area contributed by atoms with Crippen molar-refractivity contribution in [3.8, 4) is 22.1 Å². The molecule has 0 saturated heterocycles. The van der Waals surface area contributed by atoms with Crippen molar-refractivity contribution in [3.63, 3.8) is 0 Å². The molecule has 4 aromatic rings. The van der Waals surface area contributed by atoms with Gasteiger partial charge in [-0.25, -0.2) is 4.98 Å². The maximum Gasteiger partial charge on any atom is 0.237 e. The standard InChI is InChI=1S/C17H15N5OS2/c1-2-11-5-7-12(8-6-11)15-18-14(23-22-15)10-25-17-19-16(20-21-17)13-4-3-9-24-13/h3-9H,2,10H2,1H3,(H,19,20,21). The van der Waals surface area contributed by atoms with Crippen molar-refractivity contribution in [2.75, 3.05) is 0 Å². The minimum Gasteiger partial charge on any atom is -0.338 e. The maximum atomic E-state index is 5.33. The summed E-state index contributed by atoms with van der Waals surface area (Å²) < 4.78 is 5.33. The Morgan fingerprint density at radius 3 is 2.80 bits per heavy atom. The van der Waals surface area contributed by atoms with Gasteiger partial charge in [-0.1, -0.05) is 54.2 Å². The average molecular weight is 369 g/mol. The Morgan fingerprint density at radius 2 is 2.04 bits per heavy atom. The Kier molecular flexibility index (Phi) is 4.62. The summed E-state index contributed by atoms with van der Waals surface area (Å²) in [7, 11) is 0. The quantitative estimate of drug-likeness (QED) is 0.506. The first-order valence-corrected chi connectivity index (χ1v) is 9.69. The van der Waals surface area contributed by atoms with Crippen molar-refractivity contribution in [1.29, 1.82) is 0 Å². The second-order valence-corrected chi connectivity index (χ2v) is 7.18. The predicted molar refractivity (Wildman–Crippen MR) is 98.4 cm³/mol. The van der Waals surface area contributed by atoms with Crippen molar-refractivity contribution in [1.82, 2.24) is 25.3 Å². The van der Waals surface area contributed by atoms with Gasteiger partial charge in [0, 0.05) is 5.56 Å². The van der Waals surface area contributed by atoms with E-state index in [0.29, 0.717) is 22.6 Å². The van der Waals surface area contributed by atoms with Gasteiger partial charge in [0.05, 0.1) is 10.6 Å². The van der Waals surface area contributed by atoms with Crippen LogP contribution in [0.3, 0.4) is 0 Å². The first kappa shape index (κ1) is 16.0. The third kappa shape index (κ3) is 3.64. The number of aromatic nitrogens is 5. The van der Waals surface area contributed by atoms with Gasteiger partial charge in [-0.15, -0.1) is 16.4 Å². The molecular formula is C17H15N5OS2. The average Bonchev–Trinajstić information content (AvgIpc) is 3.41. The number of hydrogen-bond donors (Lipinski definition) is 1. The molecule has 0 bridgehead atoms. The minimum absolute atomic E-state index is 0.530. The van der Waals surface area contributed by atoms with E-state index in [0.717, 1.165) is 22.7 Å². The highest BCUT2D eigenvalue weighted by Gasteiger charge is 2.12. The molecule has 0 fully saturated rings. The third-order valence-electron chi connectivity index (χ3n) is 3.63. The van der Waals surface area contributed by atoms with E-state index in [9.17, 15) is 0 Å². The van der Waals surface area contributed by atoms with Gasteiger partial charge >= 0.3 is 0 Å². The summed E-state index contributed by atoms with van der Waals surface area (Å²) in [5, 5.41) is 13.9. The van der Waals surface area contributed by atoms with Crippen LogP contribution >= 0.6 is 23.1 Å². The molecule has 1 N–H and O–H groups in total. The molecule has 0 amide bonds. The molecule has 0 aliphatic carbocycles. The molecule has 0 unspecified atom stereocenters. The molecule has 3 heterocycles. The molecule has 25 heavy (non-hydrogen) atoms. The zero-order valence-corrected chi connectivity index (χ0v) is 15.1. The maximum absolute atomic E-state index is 5.33. The second-order valence-electron chi connectivity index (χ2n) is 5.29.